The molecule has 0 bridgehead atoms. The second-order valence-corrected chi connectivity index (χ2v) is 8.18. The van der Waals surface area contributed by atoms with Gasteiger partial charge in [0, 0.05) is 55.5 Å². The Morgan fingerprint density at radius 1 is 1.06 bits per heavy atom. The molecule has 12 heteroatoms. The van der Waals surface area contributed by atoms with Crippen LogP contribution in [0.3, 0.4) is 0 Å². The second-order valence-electron chi connectivity index (χ2n) is 7.77. The van der Waals surface area contributed by atoms with Crippen molar-refractivity contribution in [2.24, 2.45) is 5.92 Å². The topological polar surface area (TPSA) is 47.0 Å². The molecule has 174 valence electrons. The predicted octanol–water partition coefficient (Wildman–Crippen LogP) is 4.85. The van der Waals surface area contributed by atoms with E-state index in [0.29, 0.717) is 10.6 Å². The van der Waals surface area contributed by atoms with E-state index in [1.54, 1.807) is 12.1 Å². The number of piperazine rings is 1. The predicted molar refractivity (Wildman–Crippen MR) is 102 cm³/mol. The SMILES string of the molecule is O=C(O)N1CCN(Cc2c(Cl)cccc2N2CCCC2)CC1C(C(F)(F)F)C(F)(F)F. The number of carbonyl (C=O) groups is 1. The fraction of sp³-hybridized carbons (Fsp3) is 0.632. The number of carboxylic acid groups (broad SMARTS) is 1. The van der Waals surface area contributed by atoms with Crippen molar-refractivity contribution >= 4 is 23.4 Å². The van der Waals surface area contributed by atoms with Gasteiger partial charge in [0.1, 0.15) is 0 Å². The van der Waals surface area contributed by atoms with Gasteiger partial charge >= 0.3 is 18.4 Å². The summed E-state index contributed by atoms with van der Waals surface area (Å²) in [5.74, 6) is -3.77. The maximum atomic E-state index is 13.3. The Morgan fingerprint density at radius 3 is 2.23 bits per heavy atom. The van der Waals surface area contributed by atoms with Gasteiger partial charge in [-0.25, -0.2) is 4.79 Å². The minimum Gasteiger partial charge on any atom is -0.465 e. The quantitative estimate of drug-likeness (QED) is 0.635. The normalized spacial score (nSPS) is 21.2. The van der Waals surface area contributed by atoms with Gasteiger partial charge in [-0.2, -0.15) is 26.3 Å². The van der Waals surface area contributed by atoms with Crippen LogP contribution in [0.4, 0.5) is 36.8 Å². The van der Waals surface area contributed by atoms with Gasteiger partial charge in [-0.05, 0) is 25.0 Å². The average molecular weight is 474 g/mol. The lowest BCUT2D eigenvalue weighted by molar-refractivity contribution is -0.300. The molecule has 2 saturated heterocycles. The van der Waals surface area contributed by atoms with Crippen molar-refractivity contribution in [3.8, 4) is 0 Å². The third kappa shape index (κ3) is 5.31. The largest absolute Gasteiger partial charge is 0.465 e. The standard InChI is InChI=1S/C19H22ClF6N3O2/c20-13-4-3-5-14(28-6-1-2-7-28)12(13)10-27-8-9-29(17(30)31)15(11-27)16(18(21,22)23)19(24,25)26/h3-5,15-16H,1-2,6-11H2,(H,30,31). The molecule has 0 saturated carbocycles. The number of anilines is 1. The van der Waals surface area contributed by atoms with Crippen LogP contribution in [0, 0.1) is 5.92 Å². The van der Waals surface area contributed by atoms with E-state index in [0.717, 1.165) is 31.6 Å². The molecule has 0 aliphatic carbocycles. The summed E-state index contributed by atoms with van der Waals surface area (Å²) in [6, 6.07) is 2.89. The molecule has 2 heterocycles. The zero-order chi connectivity index (χ0) is 23.0. The molecule has 2 aliphatic rings. The molecule has 5 nitrogen and oxygen atoms in total. The first-order valence-corrected chi connectivity index (χ1v) is 10.1. The summed E-state index contributed by atoms with van der Waals surface area (Å²) >= 11 is 6.33. The zero-order valence-electron chi connectivity index (χ0n) is 16.4. The highest BCUT2D eigenvalue weighted by molar-refractivity contribution is 6.31. The van der Waals surface area contributed by atoms with Gasteiger partial charge < -0.3 is 14.9 Å². The lowest BCUT2D eigenvalue weighted by Gasteiger charge is -2.44. The summed E-state index contributed by atoms with van der Waals surface area (Å²) in [7, 11) is 0. The molecule has 0 radical (unpaired) electrons. The minimum atomic E-state index is -5.63. The Hall–Kier alpha value is -1.88. The van der Waals surface area contributed by atoms with E-state index in [-0.39, 0.29) is 18.0 Å². The Bertz CT molecular complexity index is 784. The van der Waals surface area contributed by atoms with Crippen molar-refractivity contribution < 1.29 is 36.2 Å². The van der Waals surface area contributed by atoms with Gasteiger partial charge in [-0.3, -0.25) is 4.90 Å². The first kappa shape index (κ1) is 23.8. The van der Waals surface area contributed by atoms with Crippen molar-refractivity contribution in [3.63, 3.8) is 0 Å². The molecule has 3 rings (SSSR count). The molecule has 1 amide bonds. The molecule has 31 heavy (non-hydrogen) atoms. The number of amides is 1. The summed E-state index contributed by atoms with van der Waals surface area (Å²) in [4.78, 5) is 15.2. The zero-order valence-corrected chi connectivity index (χ0v) is 17.1. The van der Waals surface area contributed by atoms with Gasteiger partial charge in [0.2, 0.25) is 0 Å². The van der Waals surface area contributed by atoms with E-state index >= 15 is 0 Å². The third-order valence-corrected chi connectivity index (χ3v) is 6.12. The summed E-state index contributed by atoms with van der Waals surface area (Å²) in [5.41, 5.74) is 1.41. The van der Waals surface area contributed by atoms with Crippen LogP contribution < -0.4 is 4.90 Å². The summed E-state index contributed by atoms with van der Waals surface area (Å²) in [6.45, 7) is 0.417. The van der Waals surface area contributed by atoms with Crippen LogP contribution in [0.5, 0.6) is 0 Å². The monoisotopic (exact) mass is 473 g/mol. The summed E-state index contributed by atoms with van der Waals surface area (Å²) in [6.07, 6.45) is -11.1. The fourth-order valence-electron chi connectivity index (χ4n) is 4.34. The first-order chi connectivity index (χ1) is 14.4. The van der Waals surface area contributed by atoms with Crippen molar-refractivity contribution in [2.45, 2.75) is 37.8 Å². The van der Waals surface area contributed by atoms with Gasteiger partial charge in [0.15, 0.2) is 5.92 Å². The highest BCUT2D eigenvalue weighted by atomic mass is 35.5. The first-order valence-electron chi connectivity index (χ1n) is 9.77. The third-order valence-electron chi connectivity index (χ3n) is 5.76. The van der Waals surface area contributed by atoms with Crippen LogP contribution in [0.2, 0.25) is 5.02 Å². The van der Waals surface area contributed by atoms with Crippen LogP contribution in [-0.4, -0.2) is 72.1 Å². The molecule has 2 aliphatic heterocycles. The van der Waals surface area contributed by atoms with E-state index in [1.807, 2.05) is 6.07 Å². The maximum absolute atomic E-state index is 13.3. The number of hydrogen-bond acceptors (Lipinski definition) is 3. The van der Waals surface area contributed by atoms with E-state index in [1.165, 1.54) is 4.90 Å². The van der Waals surface area contributed by atoms with Gasteiger partial charge in [0.05, 0.1) is 6.04 Å². The lowest BCUT2D eigenvalue weighted by Crippen LogP contribution is -2.62. The average Bonchev–Trinajstić information content (AvgIpc) is 3.15. The minimum absolute atomic E-state index is 0.00407. The molecule has 1 atom stereocenters. The van der Waals surface area contributed by atoms with Crippen molar-refractivity contribution in [2.75, 3.05) is 37.6 Å². The molecule has 1 aromatic carbocycles. The Morgan fingerprint density at radius 2 is 1.68 bits per heavy atom. The van der Waals surface area contributed by atoms with Crippen LogP contribution in [0.15, 0.2) is 18.2 Å². The molecule has 1 unspecified atom stereocenters. The molecule has 2 fully saturated rings. The molecule has 1 aromatic rings. The highest BCUT2D eigenvalue weighted by Crippen LogP contribution is 2.44. The Kier molecular flexibility index (Phi) is 6.85. The maximum Gasteiger partial charge on any atom is 0.407 e. The number of halogens is 7. The van der Waals surface area contributed by atoms with Gasteiger partial charge in [-0.15, -0.1) is 0 Å². The number of nitrogens with zero attached hydrogens (tertiary/aromatic N) is 3. The number of hydrogen-bond donors (Lipinski definition) is 1. The molecular weight excluding hydrogens is 452 g/mol. The van der Waals surface area contributed by atoms with Gasteiger partial charge in [-0.1, -0.05) is 17.7 Å². The van der Waals surface area contributed by atoms with E-state index in [2.05, 4.69) is 4.90 Å². The van der Waals surface area contributed by atoms with E-state index < -0.39 is 43.5 Å². The fourth-order valence-corrected chi connectivity index (χ4v) is 4.57. The van der Waals surface area contributed by atoms with Crippen molar-refractivity contribution in [3.05, 3.63) is 28.8 Å². The Balaban J connectivity index is 1.89. The second kappa shape index (κ2) is 8.93. The lowest BCUT2D eigenvalue weighted by atomic mass is 9.94. The highest BCUT2D eigenvalue weighted by Gasteiger charge is 2.62. The number of rotatable bonds is 4. The van der Waals surface area contributed by atoms with Crippen molar-refractivity contribution in [1.82, 2.24) is 9.80 Å². The molecule has 0 spiro atoms. The van der Waals surface area contributed by atoms with Crippen LogP contribution in [0.1, 0.15) is 18.4 Å². The van der Waals surface area contributed by atoms with Crippen LogP contribution >= 0.6 is 11.6 Å². The molecule has 1 N–H and O–H groups in total. The van der Waals surface area contributed by atoms with E-state index in [9.17, 15) is 36.2 Å². The molecule has 0 aromatic heterocycles. The Labute approximate surface area is 180 Å². The van der Waals surface area contributed by atoms with Gasteiger partial charge in [0.25, 0.3) is 0 Å². The van der Waals surface area contributed by atoms with E-state index in [4.69, 9.17) is 11.6 Å². The smallest absolute Gasteiger partial charge is 0.407 e. The molecular formula is C19H22ClF6N3O2. The van der Waals surface area contributed by atoms with Crippen molar-refractivity contribution in [1.29, 1.82) is 0 Å². The van der Waals surface area contributed by atoms with Crippen LogP contribution in [0.25, 0.3) is 0 Å². The van der Waals surface area contributed by atoms with Crippen LogP contribution in [-0.2, 0) is 6.54 Å². The summed E-state index contributed by atoms with van der Waals surface area (Å²) in [5, 5.41) is 9.61. The number of benzene rings is 1. The number of alkyl halides is 6. The summed E-state index contributed by atoms with van der Waals surface area (Å²) < 4.78 is 80.0.